The third-order valence-electron chi connectivity index (χ3n) is 3.08. The molecule has 0 unspecified atom stereocenters. The van der Waals surface area contributed by atoms with Gasteiger partial charge in [-0.25, -0.2) is 0 Å². The highest BCUT2D eigenvalue weighted by atomic mass is 19.4. The van der Waals surface area contributed by atoms with Crippen LogP contribution in [-0.4, -0.2) is 0 Å². The van der Waals surface area contributed by atoms with Gasteiger partial charge in [0.05, 0.1) is 11.1 Å². The van der Waals surface area contributed by atoms with Crippen molar-refractivity contribution in [3.05, 3.63) is 77.4 Å². The Balaban J connectivity index is 2.41. The fourth-order valence-electron chi connectivity index (χ4n) is 1.93. The van der Waals surface area contributed by atoms with Gasteiger partial charge >= 0.3 is 12.4 Å². The largest absolute Gasteiger partial charge is 0.416 e. The number of alkyl halides is 6. The highest BCUT2D eigenvalue weighted by molar-refractivity contribution is 5.78. The van der Waals surface area contributed by atoms with E-state index in [0.29, 0.717) is 0 Å². The summed E-state index contributed by atoms with van der Waals surface area (Å²) in [5.41, 5.74) is -1.42. The van der Waals surface area contributed by atoms with E-state index in [1.807, 2.05) is 0 Å². The van der Waals surface area contributed by atoms with Crippen molar-refractivity contribution in [3.8, 4) is 0 Å². The van der Waals surface area contributed by atoms with Gasteiger partial charge in [-0.15, -0.1) is 0 Å². The molecule has 0 amide bonds. The predicted molar refractivity (Wildman–Crippen MR) is 71.0 cm³/mol. The molecule has 0 aliphatic carbocycles. The molecule has 0 radical (unpaired) electrons. The van der Waals surface area contributed by atoms with E-state index in [9.17, 15) is 26.3 Å². The molecule has 0 heterocycles. The highest BCUT2D eigenvalue weighted by Gasteiger charge is 2.31. The first-order valence-corrected chi connectivity index (χ1v) is 6.13. The lowest BCUT2D eigenvalue weighted by molar-refractivity contribution is -0.138. The normalized spacial score (nSPS) is 12.3. The van der Waals surface area contributed by atoms with Gasteiger partial charge < -0.3 is 0 Å². The fraction of sp³-hybridized carbons (Fsp3) is 0.125. The Kier molecular flexibility index (Phi) is 4.04. The van der Waals surface area contributed by atoms with E-state index < -0.39 is 23.5 Å². The van der Waals surface area contributed by atoms with Crippen LogP contribution in [0, 0.1) is 0 Å². The molecule has 0 spiro atoms. The molecule has 22 heavy (non-hydrogen) atoms. The first kappa shape index (κ1) is 16.1. The minimum absolute atomic E-state index is 0.0946. The van der Waals surface area contributed by atoms with Crippen LogP contribution in [0.3, 0.4) is 0 Å². The first-order chi connectivity index (χ1) is 10.1. The molecule has 0 saturated carbocycles. The zero-order valence-electron chi connectivity index (χ0n) is 11.1. The molecule has 2 aromatic carbocycles. The standard InChI is InChI=1S/C16H10F6/c1-10(11-4-2-6-13(8-11)15(17,18)19)12-5-3-7-14(9-12)16(20,21)22/h2-9H,1H2. The molecule has 0 aliphatic rings. The maximum absolute atomic E-state index is 12.7. The van der Waals surface area contributed by atoms with Crippen LogP contribution in [0.25, 0.3) is 5.57 Å². The van der Waals surface area contributed by atoms with Crippen molar-refractivity contribution >= 4 is 5.57 Å². The summed E-state index contributed by atoms with van der Waals surface area (Å²) in [7, 11) is 0. The quantitative estimate of drug-likeness (QED) is 0.616. The Bertz CT molecular complexity index is 635. The Morgan fingerprint density at radius 1 is 0.682 bits per heavy atom. The van der Waals surface area contributed by atoms with Crippen molar-refractivity contribution < 1.29 is 26.3 Å². The molecular weight excluding hydrogens is 306 g/mol. The second-order valence-electron chi connectivity index (χ2n) is 4.64. The van der Waals surface area contributed by atoms with E-state index in [1.165, 1.54) is 24.3 Å². The molecule has 2 rings (SSSR count). The molecule has 0 fully saturated rings. The third-order valence-corrected chi connectivity index (χ3v) is 3.08. The summed E-state index contributed by atoms with van der Waals surface area (Å²) >= 11 is 0. The van der Waals surface area contributed by atoms with E-state index >= 15 is 0 Å². The molecule has 2 aromatic rings. The molecule has 0 aromatic heterocycles. The summed E-state index contributed by atoms with van der Waals surface area (Å²) in [6.07, 6.45) is -9.05. The van der Waals surface area contributed by atoms with Crippen LogP contribution in [0.2, 0.25) is 0 Å². The summed E-state index contributed by atoms with van der Waals surface area (Å²) in [6.45, 7) is 3.61. The predicted octanol–water partition coefficient (Wildman–Crippen LogP) is 5.79. The van der Waals surface area contributed by atoms with Crippen molar-refractivity contribution in [1.82, 2.24) is 0 Å². The van der Waals surface area contributed by atoms with Gasteiger partial charge in [-0.3, -0.25) is 0 Å². The summed E-state index contributed by atoms with van der Waals surface area (Å²) in [4.78, 5) is 0. The van der Waals surface area contributed by atoms with Gasteiger partial charge in [0.15, 0.2) is 0 Å². The van der Waals surface area contributed by atoms with Crippen molar-refractivity contribution in [2.24, 2.45) is 0 Å². The number of rotatable bonds is 2. The third kappa shape index (κ3) is 3.50. The van der Waals surface area contributed by atoms with Crippen molar-refractivity contribution in [2.75, 3.05) is 0 Å². The highest BCUT2D eigenvalue weighted by Crippen LogP contribution is 2.34. The molecule has 0 atom stereocenters. The van der Waals surface area contributed by atoms with E-state index in [2.05, 4.69) is 6.58 Å². The van der Waals surface area contributed by atoms with Gasteiger partial charge in [-0.1, -0.05) is 30.8 Å². The van der Waals surface area contributed by atoms with Crippen LogP contribution in [0.4, 0.5) is 26.3 Å². The van der Waals surface area contributed by atoms with Gasteiger partial charge in [-0.2, -0.15) is 26.3 Å². The van der Waals surface area contributed by atoms with Crippen LogP contribution < -0.4 is 0 Å². The molecule has 0 aliphatic heterocycles. The molecule has 116 valence electrons. The van der Waals surface area contributed by atoms with Gasteiger partial charge in [0.1, 0.15) is 0 Å². The van der Waals surface area contributed by atoms with E-state index in [-0.39, 0.29) is 16.7 Å². The summed E-state index contributed by atoms with van der Waals surface area (Å²) in [6, 6.07) is 8.64. The maximum atomic E-state index is 12.7. The van der Waals surface area contributed by atoms with Crippen LogP contribution in [-0.2, 0) is 12.4 Å². The number of hydrogen-bond acceptors (Lipinski definition) is 0. The van der Waals surface area contributed by atoms with Gasteiger partial charge in [-0.05, 0) is 41.0 Å². The smallest absolute Gasteiger partial charge is 0.166 e. The average molecular weight is 316 g/mol. The van der Waals surface area contributed by atoms with Crippen LogP contribution >= 0.6 is 0 Å². The summed E-state index contributed by atoms with van der Waals surface area (Å²) < 4.78 is 76.1. The lowest BCUT2D eigenvalue weighted by Crippen LogP contribution is -2.06. The number of benzene rings is 2. The Morgan fingerprint density at radius 2 is 1.05 bits per heavy atom. The molecule has 0 nitrogen and oxygen atoms in total. The van der Waals surface area contributed by atoms with Gasteiger partial charge in [0, 0.05) is 0 Å². The Morgan fingerprint density at radius 3 is 1.36 bits per heavy atom. The Hall–Kier alpha value is -2.24. The van der Waals surface area contributed by atoms with Gasteiger partial charge in [0.25, 0.3) is 0 Å². The lowest BCUT2D eigenvalue weighted by atomic mass is 9.96. The monoisotopic (exact) mass is 316 g/mol. The molecule has 6 heteroatoms. The number of hydrogen-bond donors (Lipinski definition) is 0. The summed E-state index contributed by atoms with van der Waals surface area (Å²) in [5, 5.41) is 0. The minimum atomic E-state index is -4.52. The Labute approximate surface area is 122 Å². The van der Waals surface area contributed by atoms with Crippen LogP contribution in [0.1, 0.15) is 22.3 Å². The molecule has 0 N–H and O–H groups in total. The van der Waals surface area contributed by atoms with E-state index in [0.717, 1.165) is 24.3 Å². The van der Waals surface area contributed by atoms with Crippen molar-refractivity contribution in [2.45, 2.75) is 12.4 Å². The van der Waals surface area contributed by atoms with Crippen LogP contribution in [0.5, 0.6) is 0 Å². The fourth-order valence-corrected chi connectivity index (χ4v) is 1.93. The first-order valence-electron chi connectivity index (χ1n) is 6.13. The average Bonchev–Trinajstić information content (AvgIpc) is 2.45. The second-order valence-corrected chi connectivity index (χ2v) is 4.64. The topological polar surface area (TPSA) is 0 Å². The minimum Gasteiger partial charge on any atom is -0.166 e. The van der Waals surface area contributed by atoms with Crippen molar-refractivity contribution in [3.63, 3.8) is 0 Å². The second kappa shape index (κ2) is 5.51. The zero-order valence-corrected chi connectivity index (χ0v) is 11.1. The molecular formula is C16H10F6. The maximum Gasteiger partial charge on any atom is 0.416 e. The van der Waals surface area contributed by atoms with Crippen LogP contribution in [0.15, 0.2) is 55.1 Å². The zero-order chi connectivity index (χ0) is 16.5. The molecule has 0 bridgehead atoms. The van der Waals surface area contributed by atoms with E-state index in [1.54, 1.807) is 0 Å². The lowest BCUT2D eigenvalue weighted by Gasteiger charge is -2.12. The number of halogens is 6. The van der Waals surface area contributed by atoms with Crippen molar-refractivity contribution in [1.29, 1.82) is 0 Å². The van der Waals surface area contributed by atoms with Gasteiger partial charge in [0.2, 0.25) is 0 Å². The summed E-state index contributed by atoms with van der Waals surface area (Å²) in [5.74, 6) is 0. The van der Waals surface area contributed by atoms with E-state index in [4.69, 9.17) is 0 Å². The molecule has 0 saturated heterocycles. The SMILES string of the molecule is C=C(c1cccc(C(F)(F)F)c1)c1cccc(C(F)(F)F)c1.